The maximum Gasteiger partial charge on any atom is 0.407 e. The Balaban J connectivity index is -0.000000452. The number of alkyl halides is 1. The van der Waals surface area contributed by atoms with Crippen molar-refractivity contribution in [2.45, 2.75) is 111 Å². The van der Waals surface area contributed by atoms with Crippen LogP contribution in [0.25, 0.3) is 25.0 Å². The third-order valence-corrected chi connectivity index (χ3v) is 8.96. The van der Waals surface area contributed by atoms with Crippen LogP contribution >= 0.6 is 15.9 Å². The Labute approximate surface area is 484 Å². The molecular weight excluding hydrogens is 1160 g/mol. The van der Waals surface area contributed by atoms with Crippen molar-refractivity contribution in [3.63, 3.8) is 0 Å². The molecule has 0 heterocycles. The Morgan fingerprint density at radius 1 is 0.519 bits per heavy atom. The van der Waals surface area contributed by atoms with E-state index >= 15 is 0 Å². The van der Waals surface area contributed by atoms with Gasteiger partial charge in [-0.25, -0.2) is 28.9 Å². The normalized spacial score (nSPS) is 10.3. The number of azide groups is 1. The van der Waals surface area contributed by atoms with E-state index in [1.54, 1.807) is 63.2 Å². The predicted octanol–water partition coefficient (Wildman–Crippen LogP) is 13.2. The molecule has 0 aromatic heterocycles. The van der Waals surface area contributed by atoms with Gasteiger partial charge in [-0.3, -0.25) is 18.2 Å². The van der Waals surface area contributed by atoms with Gasteiger partial charge in [-0.1, -0.05) is 130 Å². The van der Waals surface area contributed by atoms with Crippen LogP contribution in [0.4, 0.5) is 42.8 Å². The van der Waals surface area contributed by atoms with E-state index in [1.807, 2.05) is 120 Å². The SMILES string of the molecule is CC(C)(C)OC(=O)NCc1ccccc1N.CC(C)(C)OC(=O)NCc1ccccc1N.O=S(=O)(O)O.O=S(=O)(O)O.[C-]#[N+]c1ccccc1CBr.[C-]#[N+]c1ccccc1CN=[N+]=[N-].[C-]#[N+]c1ccccc1CNC(=O)OC(C)(C)C.[HH].[HH]. The second-order valence-electron chi connectivity index (χ2n) is 18.6. The van der Waals surface area contributed by atoms with E-state index in [0.717, 1.165) is 38.8 Å². The molecule has 5 aromatic rings. The zero-order valence-electron chi connectivity index (χ0n) is 46.0. The standard InChI is InChI=1S/C13H16N2O2.2C12H18N2O2.C8H6BrN.C8H6N4.2H2O4S.2H2/c1-13(2,3)17-12(16)15-9-10-7-5-6-8-11(10)14-4;2*1-12(2,3)16-11(15)14-8-9-6-4-5-7-10(9)13;1-10-8-5-3-2-4-7(8)6-9;1-10-8-5-3-2-4-7(8)6-11-12-9;2*1-5(2,3)4;;/h5-8H,9H2,1-3H3,(H,15,16);2*4-7H,8,13H2,1-3H3,(H,14,15);2-5H,6H2;2-5H,6H2;2*(H2,1,2,3,4);2*1H. The molecule has 0 saturated carbocycles. The van der Waals surface area contributed by atoms with Crippen LogP contribution in [-0.4, -0.2) is 70.1 Å². The smallest absolute Gasteiger partial charge is 0.407 e. The number of carbonyl (C=O) groups excluding carboxylic acids is 3. The first kappa shape index (κ1) is 74.6. The van der Waals surface area contributed by atoms with Crippen LogP contribution in [-0.2, 0) is 66.5 Å². The molecule has 0 saturated heterocycles. The van der Waals surface area contributed by atoms with Crippen molar-refractivity contribution < 1.29 is 66.5 Å². The minimum Gasteiger partial charge on any atom is -0.444 e. The van der Waals surface area contributed by atoms with Crippen molar-refractivity contribution in [1.29, 1.82) is 0 Å². The van der Waals surface area contributed by atoms with Crippen molar-refractivity contribution in [2.24, 2.45) is 5.11 Å². The van der Waals surface area contributed by atoms with Crippen molar-refractivity contribution in [3.05, 3.63) is 194 Å². The maximum absolute atomic E-state index is 11.4. The summed E-state index contributed by atoms with van der Waals surface area (Å²) in [5.74, 6) is 0. The number of anilines is 2. The van der Waals surface area contributed by atoms with Crippen molar-refractivity contribution in [2.75, 3.05) is 11.5 Å². The van der Waals surface area contributed by atoms with E-state index < -0.39 is 55.9 Å². The molecule has 0 atom stereocenters. The first-order chi connectivity index (χ1) is 37.4. The quantitative estimate of drug-likeness (QED) is 0.00967. The summed E-state index contributed by atoms with van der Waals surface area (Å²) in [5.41, 5.74) is 25.6. The molecule has 11 N–H and O–H groups in total. The molecule has 0 aliphatic heterocycles. The van der Waals surface area contributed by atoms with E-state index in [4.69, 9.17) is 86.0 Å². The fourth-order valence-corrected chi connectivity index (χ4v) is 5.67. The van der Waals surface area contributed by atoms with Gasteiger partial charge in [0.2, 0.25) is 0 Å². The fraction of sp³-hybridized carbons (Fsp3) is 0.321. The molecule has 0 aliphatic rings. The Bertz CT molecular complexity index is 3070. The molecule has 0 unspecified atom stereocenters. The summed E-state index contributed by atoms with van der Waals surface area (Å²) < 4.78 is 78.5. The fourth-order valence-electron chi connectivity index (χ4n) is 5.20. The first-order valence-corrected chi connectivity index (χ1v) is 27.3. The molecule has 5 rings (SSSR count). The number of hydrogen-bond acceptors (Lipinski definition) is 13. The third kappa shape index (κ3) is 44.1. The lowest BCUT2D eigenvalue weighted by atomic mass is 10.2. The van der Waals surface area contributed by atoms with Gasteiger partial charge in [-0.2, -0.15) is 16.8 Å². The number of ether oxygens (including phenoxy) is 3. The number of para-hydroxylation sites is 5. The van der Waals surface area contributed by atoms with Gasteiger partial charge in [0.15, 0.2) is 17.1 Å². The summed E-state index contributed by atoms with van der Waals surface area (Å²) in [7, 11) is -9.33. The number of nitrogen functional groups attached to an aromatic ring is 2. The van der Waals surface area contributed by atoms with Crippen LogP contribution in [0, 0.1) is 19.7 Å². The maximum atomic E-state index is 11.4. The van der Waals surface area contributed by atoms with Gasteiger partial charge in [0.25, 0.3) is 0 Å². The predicted molar refractivity (Wildman–Crippen MR) is 317 cm³/mol. The highest BCUT2D eigenvalue weighted by atomic mass is 79.9. The first-order valence-electron chi connectivity index (χ1n) is 23.4. The second kappa shape index (κ2) is 38.2. The number of hydrogen-bond donors (Lipinski definition) is 9. The summed E-state index contributed by atoms with van der Waals surface area (Å²) in [6.45, 7) is 38.2. The van der Waals surface area contributed by atoms with Gasteiger partial charge in [-0.15, -0.1) is 0 Å². The molecule has 0 aliphatic carbocycles. The van der Waals surface area contributed by atoms with Crippen LogP contribution in [0.1, 0.15) is 93.0 Å². The second-order valence-corrected chi connectivity index (χ2v) is 21.0. The number of rotatable bonds is 9. The van der Waals surface area contributed by atoms with Crippen LogP contribution < -0.4 is 27.4 Å². The lowest BCUT2D eigenvalue weighted by Crippen LogP contribution is -2.32. The summed E-state index contributed by atoms with van der Waals surface area (Å²) in [5, 5.41) is 12.1. The molecule has 28 heteroatoms. The molecule has 0 radical (unpaired) electrons. The highest BCUT2D eigenvalue weighted by molar-refractivity contribution is 9.08. The van der Waals surface area contributed by atoms with Gasteiger partial charge in [0, 0.05) is 50.6 Å². The Hall–Kier alpha value is -8.49. The van der Waals surface area contributed by atoms with Gasteiger partial charge in [0.1, 0.15) is 16.8 Å². The van der Waals surface area contributed by atoms with E-state index in [0.29, 0.717) is 42.4 Å². The Morgan fingerprint density at radius 3 is 1.04 bits per heavy atom. The van der Waals surface area contributed by atoms with Crippen LogP contribution in [0.5, 0.6) is 0 Å². The third-order valence-electron chi connectivity index (χ3n) is 8.36. The number of nitrogens with one attached hydrogen (secondary N) is 3. The van der Waals surface area contributed by atoms with Crippen LogP contribution in [0.3, 0.4) is 0 Å². The van der Waals surface area contributed by atoms with Crippen molar-refractivity contribution in [3.8, 4) is 0 Å². The molecule has 0 bridgehead atoms. The molecule has 442 valence electrons. The summed E-state index contributed by atoms with van der Waals surface area (Å²) in [6, 6.07) is 36.6. The van der Waals surface area contributed by atoms with E-state index in [1.165, 1.54) is 0 Å². The topological polar surface area (TPSA) is 378 Å². The van der Waals surface area contributed by atoms with E-state index in [2.05, 4.69) is 56.4 Å². The minimum atomic E-state index is -4.67. The van der Waals surface area contributed by atoms with Gasteiger partial charge < -0.3 is 41.6 Å². The highest BCUT2D eigenvalue weighted by Crippen LogP contribution is 2.22. The number of halogens is 1. The van der Waals surface area contributed by atoms with E-state index in [-0.39, 0.29) is 9.40 Å². The molecule has 25 nitrogen and oxygen atoms in total. The number of nitrogens with two attached hydrogens (primary N) is 2. The molecule has 81 heavy (non-hydrogen) atoms. The van der Waals surface area contributed by atoms with Crippen molar-refractivity contribution in [1.82, 2.24) is 16.0 Å². The average molecular weight is 1230 g/mol. The van der Waals surface area contributed by atoms with Crippen molar-refractivity contribution >= 4 is 83.4 Å². The summed E-state index contributed by atoms with van der Waals surface area (Å²) in [6.07, 6.45) is -1.34. The Morgan fingerprint density at radius 2 is 0.765 bits per heavy atom. The number of alkyl carbamates (subject to hydrolysis) is 3. The number of benzene rings is 5. The van der Waals surface area contributed by atoms with Crippen LogP contribution in [0.2, 0.25) is 0 Å². The number of amides is 3. The monoisotopic (exact) mass is 1230 g/mol. The van der Waals surface area contributed by atoms with Gasteiger partial charge >= 0.3 is 39.1 Å². The average Bonchev–Trinajstić information content (AvgIpc) is 3.35. The zero-order chi connectivity index (χ0) is 62.5. The largest absolute Gasteiger partial charge is 0.444 e. The molecule has 0 fully saturated rings. The lowest BCUT2D eigenvalue weighted by molar-refractivity contribution is 0.0512. The van der Waals surface area contributed by atoms with Gasteiger partial charge in [0.05, 0.1) is 19.7 Å². The van der Waals surface area contributed by atoms with Crippen LogP contribution in [0.15, 0.2) is 126 Å². The number of carbonyl (C=O) groups is 3. The molecule has 0 spiro atoms. The molecule has 3 amide bonds. The molecular formula is C53H72BrN11O14S2. The van der Waals surface area contributed by atoms with Gasteiger partial charge in [-0.05, 0) is 108 Å². The Kier molecular flexibility index (Phi) is 35.1. The molecule has 5 aromatic carbocycles. The van der Waals surface area contributed by atoms with E-state index in [9.17, 15) is 14.4 Å². The minimum absolute atomic E-state index is 0. The number of nitrogens with zero attached hydrogens (tertiary/aromatic N) is 6. The summed E-state index contributed by atoms with van der Waals surface area (Å²) >= 11 is 3.31. The highest BCUT2D eigenvalue weighted by Gasteiger charge is 2.18. The zero-order valence-corrected chi connectivity index (χ0v) is 49.2. The lowest BCUT2D eigenvalue weighted by Gasteiger charge is -2.19. The summed E-state index contributed by atoms with van der Waals surface area (Å²) in [4.78, 5) is 46.8.